The average molecular weight is 356 g/mol. The summed E-state index contributed by atoms with van der Waals surface area (Å²) in [5.41, 5.74) is -0.131. The van der Waals surface area contributed by atoms with Crippen molar-refractivity contribution in [1.29, 1.82) is 0 Å². The molecule has 4 heterocycles. The number of aromatic amines is 1. The zero-order valence-electron chi connectivity index (χ0n) is 15.0. The van der Waals surface area contributed by atoms with Gasteiger partial charge in [-0.05, 0) is 32.1 Å². The van der Waals surface area contributed by atoms with Crippen LogP contribution in [0.25, 0.3) is 0 Å². The Morgan fingerprint density at radius 3 is 2.96 bits per heavy atom. The van der Waals surface area contributed by atoms with Crippen molar-refractivity contribution in [3.05, 3.63) is 41.0 Å². The number of hydrogen-bond acceptors (Lipinski definition) is 5. The molecule has 2 aliphatic heterocycles. The first-order valence-corrected chi connectivity index (χ1v) is 9.18. The lowest BCUT2D eigenvalue weighted by molar-refractivity contribution is -0.137. The number of imidazole rings is 1. The standard InChI is InChI=1S/C18H24N6O2/c1-13-19-5-8-22(13)11-18(26)24-6-2-3-14-10-23(7-4-15(14)24)16-9-17(25)21-12-20-16/h5,8-9,12,14-15H,2-4,6-7,10-11H2,1H3,(H,20,21,25). The molecule has 2 aromatic rings. The fraction of sp³-hybridized carbons (Fsp3) is 0.556. The van der Waals surface area contributed by atoms with E-state index in [2.05, 4.69) is 24.8 Å². The number of aryl methyl sites for hydroxylation is 1. The van der Waals surface area contributed by atoms with Crippen molar-refractivity contribution < 1.29 is 4.79 Å². The van der Waals surface area contributed by atoms with Crippen LogP contribution in [0.1, 0.15) is 25.1 Å². The molecule has 2 unspecified atom stereocenters. The number of H-pyrrole nitrogens is 1. The number of anilines is 1. The van der Waals surface area contributed by atoms with Gasteiger partial charge in [0.1, 0.15) is 18.2 Å². The molecule has 2 aliphatic rings. The van der Waals surface area contributed by atoms with E-state index in [9.17, 15) is 9.59 Å². The Hall–Kier alpha value is -2.64. The Labute approximate surface area is 151 Å². The number of likely N-dealkylation sites (tertiary alicyclic amines) is 1. The van der Waals surface area contributed by atoms with Crippen molar-refractivity contribution in [2.24, 2.45) is 5.92 Å². The molecule has 0 spiro atoms. The molecule has 4 rings (SSSR count). The number of fused-ring (bicyclic) bond motifs is 1. The van der Waals surface area contributed by atoms with Crippen LogP contribution in [0.15, 0.2) is 29.6 Å². The molecular weight excluding hydrogens is 332 g/mol. The van der Waals surface area contributed by atoms with Crippen LogP contribution >= 0.6 is 0 Å². The molecule has 0 saturated carbocycles. The van der Waals surface area contributed by atoms with Crippen LogP contribution in [-0.2, 0) is 11.3 Å². The number of hydrogen-bond donors (Lipinski definition) is 1. The highest BCUT2D eigenvalue weighted by molar-refractivity contribution is 5.76. The summed E-state index contributed by atoms with van der Waals surface area (Å²) in [5, 5.41) is 0. The van der Waals surface area contributed by atoms with Gasteiger partial charge in [-0.15, -0.1) is 0 Å². The molecule has 26 heavy (non-hydrogen) atoms. The third-order valence-electron chi connectivity index (χ3n) is 5.61. The van der Waals surface area contributed by atoms with E-state index >= 15 is 0 Å². The minimum absolute atomic E-state index is 0.131. The van der Waals surface area contributed by atoms with Gasteiger partial charge in [-0.1, -0.05) is 0 Å². The van der Waals surface area contributed by atoms with Gasteiger partial charge in [0.25, 0.3) is 5.56 Å². The van der Waals surface area contributed by atoms with Crippen LogP contribution < -0.4 is 10.5 Å². The molecule has 1 amide bonds. The topological polar surface area (TPSA) is 87.1 Å². The van der Waals surface area contributed by atoms with Crippen LogP contribution in [0.2, 0.25) is 0 Å². The maximum Gasteiger partial charge on any atom is 0.252 e. The first kappa shape index (κ1) is 16.8. The van der Waals surface area contributed by atoms with Crippen molar-refractivity contribution in [1.82, 2.24) is 24.4 Å². The van der Waals surface area contributed by atoms with E-state index in [1.54, 1.807) is 12.3 Å². The van der Waals surface area contributed by atoms with E-state index in [1.165, 1.54) is 6.33 Å². The van der Waals surface area contributed by atoms with Crippen molar-refractivity contribution in [2.45, 2.75) is 38.8 Å². The van der Waals surface area contributed by atoms with Crippen LogP contribution in [0.3, 0.4) is 0 Å². The number of carbonyl (C=O) groups excluding carboxylic acids is 1. The quantitative estimate of drug-likeness (QED) is 0.879. The van der Waals surface area contributed by atoms with E-state index in [0.29, 0.717) is 12.5 Å². The number of carbonyl (C=O) groups is 1. The predicted octanol–water partition coefficient (Wildman–Crippen LogP) is 0.792. The van der Waals surface area contributed by atoms with Gasteiger partial charge < -0.3 is 19.4 Å². The first-order valence-electron chi connectivity index (χ1n) is 9.18. The molecule has 2 fully saturated rings. The minimum atomic E-state index is -0.131. The summed E-state index contributed by atoms with van der Waals surface area (Å²) in [4.78, 5) is 39.7. The van der Waals surface area contributed by atoms with E-state index in [1.807, 2.05) is 17.7 Å². The van der Waals surface area contributed by atoms with Crippen LogP contribution in [-0.4, -0.2) is 56.0 Å². The van der Waals surface area contributed by atoms with Crippen molar-refractivity contribution in [2.75, 3.05) is 24.5 Å². The molecule has 0 radical (unpaired) electrons. The Morgan fingerprint density at radius 1 is 1.31 bits per heavy atom. The highest BCUT2D eigenvalue weighted by atomic mass is 16.2. The average Bonchev–Trinajstić information content (AvgIpc) is 3.05. The van der Waals surface area contributed by atoms with Crippen LogP contribution in [0.4, 0.5) is 5.82 Å². The van der Waals surface area contributed by atoms with E-state index in [4.69, 9.17) is 0 Å². The summed E-state index contributed by atoms with van der Waals surface area (Å²) in [6, 6.07) is 1.83. The number of nitrogens with one attached hydrogen (secondary N) is 1. The monoisotopic (exact) mass is 356 g/mol. The van der Waals surface area contributed by atoms with Gasteiger partial charge in [-0.2, -0.15) is 0 Å². The third kappa shape index (κ3) is 3.23. The number of aromatic nitrogens is 4. The third-order valence-corrected chi connectivity index (χ3v) is 5.61. The molecule has 2 saturated heterocycles. The zero-order chi connectivity index (χ0) is 18.1. The van der Waals surface area contributed by atoms with Gasteiger partial charge in [0.05, 0.1) is 6.33 Å². The fourth-order valence-electron chi connectivity index (χ4n) is 4.26. The van der Waals surface area contributed by atoms with Gasteiger partial charge in [0, 0.05) is 44.1 Å². The summed E-state index contributed by atoms with van der Waals surface area (Å²) in [6.07, 6.45) is 8.08. The SMILES string of the molecule is Cc1nccn1CC(=O)N1CCCC2CN(c3cc(=O)[nH]cn3)CCC21. The van der Waals surface area contributed by atoms with Gasteiger partial charge in [0.2, 0.25) is 5.91 Å². The largest absolute Gasteiger partial charge is 0.356 e. The lowest BCUT2D eigenvalue weighted by Gasteiger charge is -2.47. The number of nitrogens with zero attached hydrogens (tertiary/aromatic N) is 5. The Balaban J connectivity index is 1.46. The van der Waals surface area contributed by atoms with Crippen LogP contribution in [0, 0.1) is 12.8 Å². The van der Waals surface area contributed by atoms with Crippen molar-refractivity contribution >= 4 is 11.7 Å². The maximum absolute atomic E-state index is 12.9. The molecule has 0 bridgehead atoms. The molecular formula is C18H24N6O2. The molecule has 8 nitrogen and oxygen atoms in total. The minimum Gasteiger partial charge on any atom is -0.356 e. The molecule has 138 valence electrons. The molecule has 0 aromatic carbocycles. The summed E-state index contributed by atoms with van der Waals surface area (Å²) in [5.74, 6) is 2.18. The highest BCUT2D eigenvalue weighted by Crippen LogP contribution is 2.32. The molecule has 2 atom stereocenters. The lowest BCUT2D eigenvalue weighted by Crippen LogP contribution is -2.56. The van der Waals surface area contributed by atoms with Crippen molar-refractivity contribution in [3.8, 4) is 0 Å². The highest BCUT2D eigenvalue weighted by Gasteiger charge is 2.38. The number of piperidine rings is 2. The second kappa shape index (κ2) is 6.93. The fourth-order valence-corrected chi connectivity index (χ4v) is 4.26. The zero-order valence-corrected chi connectivity index (χ0v) is 15.0. The summed E-state index contributed by atoms with van der Waals surface area (Å²) in [6.45, 7) is 4.76. The second-order valence-corrected chi connectivity index (χ2v) is 7.16. The number of amides is 1. The predicted molar refractivity (Wildman–Crippen MR) is 96.9 cm³/mol. The normalized spacial score (nSPS) is 23.0. The van der Waals surface area contributed by atoms with E-state index in [0.717, 1.165) is 50.5 Å². The van der Waals surface area contributed by atoms with Gasteiger partial charge >= 0.3 is 0 Å². The lowest BCUT2D eigenvalue weighted by atomic mass is 9.83. The van der Waals surface area contributed by atoms with E-state index < -0.39 is 0 Å². The molecule has 8 heteroatoms. The van der Waals surface area contributed by atoms with Crippen LogP contribution in [0.5, 0.6) is 0 Å². The summed E-state index contributed by atoms with van der Waals surface area (Å²) in [7, 11) is 0. The van der Waals surface area contributed by atoms with Gasteiger partial charge in [-0.25, -0.2) is 9.97 Å². The Morgan fingerprint density at radius 2 is 2.19 bits per heavy atom. The second-order valence-electron chi connectivity index (χ2n) is 7.16. The summed E-state index contributed by atoms with van der Waals surface area (Å²) < 4.78 is 1.90. The molecule has 0 aliphatic carbocycles. The maximum atomic E-state index is 12.9. The Kier molecular flexibility index (Phi) is 4.48. The first-order chi connectivity index (χ1) is 12.6. The molecule has 1 N–H and O–H groups in total. The van der Waals surface area contributed by atoms with Crippen molar-refractivity contribution in [3.63, 3.8) is 0 Å². The molecule has 2 aromatic heterocycles. The smallest absolute Gasteiger partial charge is 0.252 e. The summed E-state index contributed by atoms with van der Waals surface area (Å²) >= 11 is 0. The van der Waals surface area contributed by atoms with E-state index in [-0.39, 0.29) is 17.5 Å². The number of rotatable bonds is 3. The van der Waals surface area contributed by atoms with Gasteiger partial charge in [0.15, 0.2) is 0 Å². The Bertz CT molecular complexity index is 844. The van der Waals surface area contributed by atoms with Gasteiger partial charge in [-0.3, -0.25) is 9.59 Å².